The van der Waals surface area contributed by atoms with Gasteiger partial charge in [-0.1, -0.05) is 54.1 Å². The molecule has 0 spiro atoms. The maximum Gasteiger partial charge on any atom is 0.417 e. The van der Waals surface area contributed by atoms with Crippen LogP contribution in [-0.4, -0.2) is 42.0 Å². The second kappa shape index (κ2) is 8.14. The minimum Gasteiger partial charge on any atom is -0.352 e. The molecule has 0 atom stereocenters. The highest BCUT2D eigenvalue weighted by atomic mass is 35.5. The predicted molar refractivity (Wildman–Crippen MR) is 111 cm³/mol. The van der Waals surface area contributed by atoms with Crippen LogP contribution in [0.25, 0.3) is 10.8 Å². The minimum absolute atomic E-state index is 0.0245. The number of halogens is 4. The van der Waals surface area contributed by atoms with E-state index in [1.54, 1.807) is 4.90 Å². The van der Waals surface area contributed by atoms with Crippen LogP contribution in [0, 0.1) is 0 Å². The molecule has 156 valence electrons. The number of benzene rings is 2. The Hall–Kier alpha value is -2.80. The normalized spacial score (nSPS) is 14.9. The van der Waals surface area contributed by atoms with Gasteiger partial charge in [0, 0.05) is 32.4 Å². The topological polar surface area (TPSA) is 36.4 Å². The van der Waals surface area contributed by atoms with Gasteiger partial charge in [-0.15, -0.1) is 0 Å². The number of piperazine rings is 1. The number of fused-ring (bicyclic) bond motifs is 1. The first kappa shape index (κ1) is 20.5. The second-order valence-corrected chi connectivity index (χ2v) is 7.66. The Bertz CT molecular complexity index is 1080. The molecule has 8 heteroatoms. The summed E-state index contributed by atoms with van der Waals surface area (Å²) in [5.74, 6) is 0.336. The summed E-state index contributed by atoms with van der Waals surface area (Å²) in [4.78, 5) is 20.2. The van der Waals surface area contributed by atoms with E-state index in [0.29, 0.717) is 38.4 Å². The first-order valence-corrected chi connectivity index (χ1v) is 9.92. The number of hydrogen-bond donors (Lipinski definition) is 0. The highest BCUT2D eigenvalue weighted by Crippen LogP contribution is 2.33. The van der Waals surface area contributed by atoms with Gasteiger partial charge in [0.2, 0.25) is 5.91 Å². The van der Waals surface area contributed by atoms with Crippen LogP contribution < -0.4 is 4.90 Å². The molecule has 0 unspecified atom stereocenters. The van der Waals surface area contributed by atoms with Crippen LogP contribution in [0.3, 0.4) is 0 Å². The third-order valence-corrected chi connectivity index (χ3v) is 5.53. The monoisotopic (exact) mass is 433 g/mol. The largest absolute Gasteiger partial charge is 0.417 e. The lowest BCUT2D eigenvalue weighted by Gasteiger charge is -2.36. The van der Waals surface area contributed by atoms with Gasteiger partial charge in [-0.25, -0.2) is 4.98 Å². The van der Waals surface area contributed by atoms with Crippen molar-refractivity contribution in [2.24, 2.45) is 0 Å². The fourth-order valence-corrected chi connectivity index (χ4v) is 3.91. The molecule has 0 radical (unpaired) electrons. The van der Waals surface area contributed by atoms with Gasteiger partial charge in [0.1, 0.15) is 5.82 Å². The van der Waals surface area contributed by atoms with Gasteiger partial charge in [0.25, 0.3) is 0 Å². The second-order valence-electron chi connectivity index (χ2n) is 7.25. The Morgan fingerprint density at radius 2 is 1.70 bits per heavy atom. The van der Waals surface area contributed by atoms with Crippen LogP contribution >= 0.6 is 11.6 Å². The van der Waals surface area contributed by atoms with Crippen molar-refractivity contribution in [2.75, 3.05) is 31.1 Å². The van der Waals surface area contributed by atoms with Crippen molar-refractivity contribution in [3.05, 3.63) is 70.9 Å². The summed E-state index contributed by atoms with van der Waals surface area (Å²) in [7, 11) is 0. The highest BCUT2D eigenvalue weighted by molar-refractivity contribution is 6.33. The summed E-state index contributed by atoms with van der Waals surface area (Å²) in [5.41, 5.74) is 0.0778. The van der Waals surface area contributed by atoms with Crippen molar-refractivity contribution in [3.63, 3.8) is 0 Å². The average molecular weight is 434 g/mol. The Kier molecular flexibility index (Phi) is 5.56. The van der Waals surface area contributed by atoms with Crippen LogP contribution in [0.5, 0.6) is 0 Å². The maximum absolute atomic E-state index is 12.8. The molecule has 0 aliphatic carbocycles. The maximum atomic E-state index is 12.8. The zero-order valence-electron chi connectivity index (χ0n) is 16.0. The highest BCUT2D eigenvalue weighted by Gasteiger charge is 2.32. The Morgan fingerprint density at radius 3 is 2.37 bits per heavy atom. The van der Waals surface area contributed by atoms with E-state index in [9.17, 15) is 18.0 Å². The van der Waals surface area contributed by atoms with Gasteiger partial charge in [0.05, 0.1) is 17.0 Å². The zero-order valence-corrected chi connectivity index (χ0v) is 16.7. The van der Waals surface area contributed by atoms with Crippen LogP contribution in [-0.2, 0) is 17.4 Å². The number of anilines is 1. The van der Waals surface area contributed by atoms with E-state index in [-0.39, 0.29) is 10.9 Å². The van der Waals surface area contributed by atoms with E-state index in [2.05, 4.69) is 4.98 Å². The van der Waals surface area contributed by atoms with Crippen molar-refractivity contribution in [1.29, 1.82) is 0 Å². The number of carbonyl (C=O) groups is 1. The van der Waals surface area contributed by atoms with Crippen molar-refractivity contribution < 1.29 is 18.0 Å². The van der Waals surface area contributed by atoms with E-state index >= 15 is 0 Å². The summed E-state index contributed by atoms with van der Waals surface area (Å²) in [6.07, 6.45) is -3.38. The van der Waals surface area contributed by atoms with Crippen LogP contribution in [0.1, 0.15) is 11.1 Å². The molecule has 1 saturated heterocycles. The molecule has 30 heavy (non-hydrogen) atoms. The molecule has 1 amide bonds. The third-order valence-electron chi connectivity index (χ3n) is 5.25. The van der Waals surface area contributed by atoms with Crippen molar-refractivity contribution in [1.82, 2.24) is 9.88 Å². The number of amides is 1. The van der Waals surface area contributed by atoms with E-state index < -0.39 is 11.7 Å². The van der Waals surface area contributed by atoms with Gasteiger partial charge >= 0.3 is 6.18 Å². The number of pyridine rings is 1. The average Bonchev–Trinajstić information content (AvgIpc) is 2.73. The van der Waals surface area contributed by atoms with Crippen molar-refractivity contribution in [3.8, 4) is 0 Å². The number of nitrogens with zero attached hydrogens (tertiary/aromatic N) is 3. The lowest BCUT2D eigenvalue weighted by atomic mass is 10.0. The molecule has 1 aliphatic heterocycles. The molecular weight excluding hydrogens is 415 g/mol. The Morgan fingerprint density at radius 1 is 1.00 bits per heavy atom. The molecule has 2 heterocycles. The minimum atomic E-state index is -4.48. The predicted octanol–water partition coefficient (Wildman–Crippen LogP) is 4.80. The number of alkyl halides is 3. The first-order chi connectivity index (χ1) is 14.3. The summed E-state index contributed by atoms with van der Waals surface area (Å²) in [6.45, 7) is 1.85. The number of hydrogen-bond acceptors (Lipinski definition) is 3. The van der Waals surface area contributed by atoms with E-state index in [4.69, 9.17) is 11.6 Å². The Labute approximate surface area is 176 Å². The molecule has 1 aromatic heterocycles. The summed E-state index contributed by atoms with van der Waals surface area (Å²) < 4.78 is 38.4. The van der Waals surface area contributed by atoms with Gasteiger partial charge in [0.15, 0.2) is 0 Å². The molecular formula is C22H19ClF3N3O. The fraction of sp³-hybridized carbons (Fsp3) is 0.273. The fourth-order valence-electron chi connectivity index (χ4n) is 3.62. The molecule has 0 N–H and O–H groups in total. The summed E-state index contributed by atoms with van der Waals surface area (Å²) in [6, 6.07) is 14.9. The molecule has 4 nitrogen and oxygen atoms in total. The molecule has 1 aliphatic rings. The summed E-state index contributed by atoms with van der Waals surface area (Å²) >= 11 is 6.04. The molecule has 1 fully saturated rings. The van der Waals surface area contributed by atoms with Gasteiger partial charge in [-0.05, 0) is 22.4 Å². The smallest absolute Gasteiger partial charge is 0.352 e. The number of rotatable bonds is 3. The standard InChI is InChI=1S/C22H19ClF3N3O/c23-19-13-18(22(24,25)26)14-27-21(19)29-9-7-28(8-10-29)20(30)12-15-5-6-16-3-1-2-4-17(16)11-15/h1-6,11,13-14H,7-10,12H2. The molecule has 0 saturated carbocycles. The number of aromatic nitrogens is 1. The van der Waals surface area contributed by atoms with Gasteiger partial charge in [-0.2, -0.15) is 13.2 Å². The van der Waals surface area contributed by atoms with E-state index in [1.165, 1.54) is 0 Å². The lowest BCUT2D eigenvalue weighted by Crippen LogP contribution is -2.49. The zero-order chi connectivity index (χ0) is 21.3. The number of carbonyl (C=O) groups excluding carboxylic acids is 1. The van der Waals surface area contributed by atoms with Gasteiger partial charge in [-0.3, -0.25) is 4.79 Å². The quantitative estimate of drug-likeness (QED) is 0.595. The molecule has 3 aromatic rings. The van der Waals surface area contributed by atoms with Gasteiger partial charge < -0.3 is 9.80 Å². The lowest BCUT2D eigenvalue weighted by molar-refractivity contribution is -0.137. The van der Waals surface area contributed by atoms with Crippen LogP contribution in [0.2, 0.25) is 5.02 Å². The molecule has 4 rings (SSSR count). The Balaban J connectivity index is 1.38. The van der Waals surface area contributed by atoms with Crippen molar-refractivity contribution in [2.45, 2.75) is 12.6 Å². The summed E-state index contributed by atoms with van der Waals surface area (Å²) in [5, 5.41) is 2.18. The van der Waals surface area contributed by atoms with Crippen LogP contribution in [0.15, 0.2) is 54.7 Å². The van der Waals surface area contributed by atoms with Crippen molar-refractivity contribution >= 4 is 34.1 Å². The van der Waals surface area contributed by atoms with E-state index in [1.807, 2.05) is 47.4 Å². The third kappa shape index (κ3) is 4.36. The van der Waals surface area contributed by atoms with E-state index in [0.717, 1.165) is 28.6 Å². The molecule has 2 aromatic carbocycles. The first-order valence-electron chi connectivity index (χ1n) is 9.54. The SMILES string of the molecule is O=C(Cc1ccc2ccccc2c1)N1CCN(c2ncc(C(F)(F)F)cc2Cl)CC1. The molecule has 0 bridgehead atoms. The van der Waals surface area contributed by atoms with Crippen LogP contribution in [0.4, 0.5) is 19.0 Å².